The highest BCUT2D eigenvalue weighted by molar-refractivity contribution is 5.81. The molecule has 1 aliphatic carbocycles. The van der Waals surface area contributed by atoms with Crippen molar-refractivity contribution in [3.8, 4) is 0 Å². The standard InChI is InChI=1S/C18H37N5O/c1-5-19-18(20-13-12-17(24)23(6-2)7-3)21-14-15-22(4)16-10-8-9-11-16/h16H,5-15H2,1-4H3,(H2,19,20,21). The monoisotopic (exact) mass is 339 g/mol. The molecule has 0 aromatic heterocycles. The van der Waals surface area contributed by atoms with Gasteiger partial charge in [-0.05, 0) is 40.7 Å². The molecule has 0 aromatic carbocycles. The van der Waals surface area contributed by atoms with Crippen molar-refractivity contribution < 1.29 is 4.79 Å². The van der Waals surface area contributed by atoms with Gasteiger partial charge in [-0.3, -0.25) is 9.79 Å². The zero-order valence-corrected chi connectivity index (χ0v) is 16.1. The van der Waals surface area contributed by atoms with Gasteiger partial charge in [0, 0.05) is 45.2 Å². The van der Waals surface area contributed by atoms with Gasteiger partial charge < -0.3 is 20.4 Å². The van der Waals surface area contributed by atoms with Crippen LogP contribution in [-0.4, -0.2) is 74.0 Å². The number of rotatable bonds is 10. The van der Waals surface area contributed by atoms with Crippen molar-refractivity contribution in [1.29, 1.82) is 0 Å². The van der Waals surface area contributed by atoms with Gasteiger partial charge in [0.25, 0.3) is 0 Å². The SMILES string of the molecule is CCNC(=NCCN(C)C1CCCC1)NCCC(=O)N(CC)CC. The first-order valence-electron chi connectivity index (χ1n) is 9.62. The summed E-state index contributed by atoms with van der Waals surface area (Å²) in [7, 11) is 2.20. The Labute approximate surface area is 148 Å². The number of likely N-dealkylation sites (N-methyl/N-ethyl adjacent to an activating group) is 1. The molecule has 2 N–H and O–H groups in total. The summed E-state index contributed by atoms with van der Waals surface area (Å²) in [6.45, 7) is 10.9. The Morgan fingerprint density at radius 1 is 1.12 bits per heavy atom. The van der Waals surface area contributed by atoms with Crippen LogP contribution in [-0.2, 0) is 4.79 Å². The van der Waals surface area contributed by atoms with Crippen LogP contribution in [0.4, 0.5) is 0 Å². The molecule has 140 valence electrons. The number of carbonyl (C=O) groups excluding carboxylic acids is 1. The summed E-state index contributed by atoms with van der Waals surface area (Å²) >= 11 is 0. The molecular formula is C18H37N5O. The predicted octanol–water partition coefficient (Wildman–Crippen LogP) is 1.67. The molecule has 0 heterocycles. The third-order valence-corrected chi connectivity index (χ3v) is 4.76. The maximum Gasteiger partial charge on any atom is 0.224 e. The molecule has 6 heteroatoms. The molecule has 1 amide bonds. The minimum atomic E-state index is 0.198. The van der Waals surface area contributed by atoms with E-state index in [2.05, 4.69) is 34.5 Å². The maximum atomic E-state index is 12.0. The summed E-state index contributed by atoms with van der Waals surface area (Å²) in [4.78, 5) is 20.9. The Morgan fingerprint density at radius 3 is 2.38 bits per heavy atom. The van der Waals surface area contributed by atoms with E-state index in [-0.39, 0.29) is 5.91 Å². The van der Waals surface area contributed by atoms with E-state index in [1.54, 1.807) is 0 Å². The van der Waals surface area contributed by atoms with Gasteiger partial charge in [-0.25, -0.2) is 0 Å². The van der Waals surface area contributed by atoms with E-state index < -0.39 is 0 Å². The number of nitrogens with one attached hydrogen (secondary N) is 2. The Hall–Kier alpha value is -1.30. The molecule has 1 rings (SSSR count). The van der Waals surface area contributed by atoms with Crippen LogP contribution < -0.4 is 10.6 Å². The molecule has 0 saturated heterocycles. The molecule has 0 atom stereocenters. The van der Waals surface area contributed by atoms with Gasteiger partial charge in [-0.1, -0.05) is 12.8 Å². The molecule has 6 nitrogen and oxygen atoms in total. The smallest absolute Gasteiger partial charge is 0.224 e. The maximum absolute atomic E-state index is 12.0. The molecule has 0 unspecified atom stereocenters. The number of carbonyl (C=O) groups is 1. The van der Waals surface area contributed by atoms with Gasteiger partial charge in [-0.15, -0.1) is 0 Å². The summed E-state index contributed by atoms with van der Waals surface area (Å²) in [6.07, 6.45) is 5.89. The van der Waals surface area contributed by atoms with Crippen molar-refractivity contribution in [2.24, 2.45) is 4.99 Å². The Balaban J connectivity index is 2.32. The predicted molar refractivity (Wildman–Crippen MR) is 101 cm³/mol. The Kier molecular flexibility index (Phi) is 10.5. The number of amides is 1. The fraction of sp³-hybridized carbons (Fsp3) is 0.889. The number of aliphatic imine (C=N–C) groups is 1. The largest absolute Gasteiger partial charge is 0.357 e. The molecule has 0 aliphatic heterocycles. The summed E-state index contributed by atoms with van der Waals surface area (Å²) in [5.74, 6) is 1.01. The molecule has 0 aromatic rings. The van der Waals surface area contributed by atoms with Crippen LogP contribution in [0.5, 0.6) is 0 Å². The second-order valence-corrected chi connectivity index (χ2v) is 6.42. The Bertz CT molecular complexity index is 376. The number of nitrogens with zero attached hydrogens (tertiary/aromatic N) is 3. The summed E-state index contributed by atoms with van der Waals surface area (Å²) in [5, 5.41) is 6.52. The lowest BCUT2D eigenvalue weighted by Gasteiger charge is -2.23. The van der Waals surface area contributed by atoms with Crippen LogP contribution in [0.15, 0.2) is 4.99 Å². The zero-order valence-electron chi connectivity index (χ0n) is 16.1. The van der Waals surface area contributed by atoms with E-state index in [9.17, 15) is 4.79 Å². The van der Waals surface area contributed by atoms with Gasteiger partial charge in [0.2, 0.25) is 5.91 Å². The highest BCUT2D eigenvalue weighted by Crippen LogP contribution is 2.21. The third-order valence-electron chi connectivity index (χ3n) is 4.76. The second kappa shape index (κ2) is 12.1. The number of guanidine groups is 1. The number of hydrogen-bond donors (Lipinski definition) is 2. The lowest BCUT2D eigenvalue weighted by atomic mass is 10.2. The summed E-state index contributed by atoms with van der Waals surface area (Å²) in [6, 6.07) is 0.738. The lowest BCUT2D eigenvalue weighted by Crippen LogP contribution is -2.40. The van der Waals surface area contributed by atoms with E-state index in [1.165, 1.54) is 25.7 Å². The van der Waals surface area contributed by atoms with Gasteiger partial charge in [0.1, 0.15) is 0 Å². The van der Waals surface area contributed by atoms with Gasteiger partial charge >= 0.3 is 0 Å². The minimum Gasteiger partial charge on any atom is -0.357 e. The first-order valence-corrected chi connectivity index (χ1v) is 9.62. The topological polar surface area (TPSA) is 60.0 Å². The summed E-state index contributed by atoms with van der Waals surface area (Å²) in [5.41, 5.74) is 0. The normalized spacial score (nSPS) is 15.8. The van der Waals surface area contributed by atoms with E-state index in [0.717, 1.165) is 44.7 Å². The second-order valence-electron chi connectivity index (χ2n) is 6.42. The van der Waals surface area contributed by atoms with Crippen molar-refractivity contribution in [2.75, 3.05) is 46.3 Å². The lowest BCUT2D eigenvalue weighted by molar-refractivity contribution is -0.130. The quantitative estimate of drug-likeness (QED) is 0.470. The van der Waals surface area contributed by atoms with E-state index in [0.29, 0.717) is 13.0 Å². The van der Waals surface area contributed by atoms with Crippen molar-refractivity contribution >= 4 is 11.9 Å². The highest BCUT2D eigenvalue weighted by atomic mass is 16.2. The van der Waals surface area contributed by atoms with Crippen molar-refractivity contribution in [3.63, 3.8) is 0 Å². The van der Waals surface area contributed by atoms with Gasteiger partial charge in [-0.2, -0.15) is 0 Å². The average Bonchev–Trinajstić information content (AvgIpc) is 3.10. The van der Waals surface area contributed by atoms with Gasteiger partial charge in [0.05, 0.1) is 6.54 Å². The molecule has 24 heavy (non-hydrogen) atoms. The molecular weight excluding hydrogens is 302 g/mol. The summed E-state index contributed by atoms with van der Waals surface area (Å²) < 4.78 is 0. The van der Waals surface area contributed by atoms with Crippen LogP contribution in [0, 0.1) is 0 Å². The Morgan fingerprint density at radius 2 is 1.79 bits per heavy atom. The van der Waals surface area contributed by atoms with E-state index in [4.69, 9.17) is 0 Å². The van der Waals surface area contributed by atoms with Crippen LogP contribution in [0.3, 0.4) is 0 Å². The van der Waals surface area contributed by atoms with Crippen LogP contribution in [0.2, 0.25) is 0 Å². The zero-order chi connectivity index (χ0) is 17.8. The van der Waals surface area contributed by atoms with E-state index in [1.807, 2.05) is 18.7 Å². The highest BCUT2D eigenvalue weighted by Gasteiger charge is 2.18. The number of hydrogen-bond acceptors (Lipinski definition) is 3. The van der Waals surface area contributed by atoms with Crippen LogP contribution in [0.1, 0.15) is 52.9 Å². The van der Waals surface area contributed by atoms with Crippen molar-refractivity contribution in [3.05, 3.63) is 0 Å². The molecule has 1 aliphatic rings. The molecule has 0 radical (unpaired) electrons. The first-order chi connectivity index (χ1) is 11.6. The molecule has 1 fully saturated rings. The minimum absolute atomic E-state index is 0.198. The molecule has 0 bridgehead atoms. The molecule has 0 spiro atoms. The average molecular weight is 340 g/mol. The van der Waals surface area contributed by atoms with Gasteiger partial charge in [0.15, 0.2) is 5.96 Å². The van der Waals surface area contributed by atoms with Crippen LogP contribution >= 0.6 is 0 Å². The fourth-order valence-corrected chi connectivity index (χ4v) is 3.21. The molecule has 1 saturated carbocycles. The first kappa shape index (κ1) is 20.7. The van der Waals surface area contributed by atoms with E-state index >= 15 is 0 Å². The fourth-order valence-electron chi connectivity index (χ4n) is 3.21. The van der Waals surface area contributed by atoms with Crippen molar-refractivity contribution in [2.45, 2.75) is 58.9 Å². The third kappa shape index (κ3) is 7.51. The van der Waals surface area contributed by atoms with Crippen LogP contribution in [0.25, 0.3) is 0 Å². The van der Waals surface area contributed by atoms with Crippen molar-refractivity contribution in [1.82, 2.24) is 20.4 Å².